The second-order valence-corrected chi connectivity index (χ2v) is 8.57. The number of hydrogen-bond acceptors (Lipinski definition) is 5. The predicted molar refractivity (Wildman–Crippen MR) is 91.5 cm³/mol. The van der Waals surface area contributed by atoms with Gasteiger partial charge in [-0.1, -0.05) is 6.42 Å². The Morgan fingerprint density at radius 1 is 1.25 bits per heavy atom. The minimum atomic E-state index is -3.55. The maximum Gasteiger partial charge on any atom is 0.282 e. The molecule has 8 nitrogen and oxygen atoms in total. The molecule has 2 heterocycles. The Kier molecular flexibility index (Phi) is 6.99. The van der Waals surface area contributed by atoms with E-state index in [1.807, 2.05) is 13.8 Å². The van der Waals surface area contributed by atoms with Crippen molar-refractivity contribution < 1.29 is 17.9 Å². The standard InChI is InChI=1S/C15H30N4O4S/c1-12-10-18(11-13(2)23-12)24(21,22)19-8-4-3-5-14(19)9-17-15(20)6-7-16/h12-14H,3-11,16H2,1-2H3,(H,17,20). The predicted octanol–water partition coefficient (Wildman–Crippen LogP) is -0.340. The third kappa shape index (κ3) is 4.89. The Hall–Kier alpha value is -0.740. The number of morpholine rings is 1. The van der Waals surface area contributed by atoms with Gasteiger partial charge in [-0.2, -0.15) is 17.0 Å². The van der Waals surface area contributed by atoms with Gasteiger partial charge in [0.15, 0.2) is 0 Å². The van der Waals surface area contributed by atoms with Crippen molar-refractivity contribution in [3.63, 3.8) is 0 Å². The molecule has 0 spiro atoms. The molecule has 0 radical (unpaired) electrons. The highest BCUT2D eigenvalue weighted by molar-refractivity contribution is 7.86. The average Bonchev–Trinajstić information content (AvgIpc) is 2.52. The lowest BCUT2D eigenvalue weighted by Crippen LogP contribution is -2.58. The van der Waals surface area contributed by atoms with Gasteiger partial charge in [-0.15, -0.1) is 0 Å². The number of carbonyl (C=O) groups excluding carboxylic acids is 1. The van der Waals surface area contributed by atoms with Gasteiger partial charge in [-0.25, -0.2) is 0 Å². The van der Waals surface area contributed by atoms with Crippen LogP contribution in [0.5, 0.6) is 0 Å². The second kappa shape index (κ2) is 8.57. The summed E-state index contributed by atoms with van der Waals surface area (Å²) in [4.78, 5) is 11.6. The Bertz CT molecular complexity index is 518. The Balaban J connectivity index is 2.06. The summed E-state index contributed by atoms with van der Waals surface area (Å²) in [5, 5.41) is 2.81. The smallest absolute Gasteiger partial charge is 0.282 e. The third-order valence-corrected chi connectivity index (χ3v) is 6.51. The molecule has 24 heavy (non-hydrogen) atoms. The van der Waals surface area contributed by atoms with Crippen LogP contribution >= 0.6 is 0 Å². The molecule has 9 heteroatoms. The quantitative estimate of drug-likeness (QED) is 0.673. The van der Waals surface area contributed by atoms with Gasteiger partial charge in [0.2, 0.25) is 5.91 Å². The first-order valence-electron chi connectivity index (χ1n) is 8.73. The first-order valence-corrected chi connectivity index (χ1v) is 10.1. The molecule has 3 atom stereocenters. The summed E-state index contributed by atoms with van der Waals surface area (Å²) in [5.74, 6) is -0.131. The van der Waals surface area contributed by atoms with E-state index in [1.165, 1.54) is 4.31 Å². The highest BCUT2D eigenvalue weighted by Crippen LogP contribution is 2.24. The van der Waals surface area contributed by atoms with Crippen LogP contribution in [0.15, 0.2) is 0 Å². The van der Waals surface area contributed by atoms with Gasteiger partial charge in [0.05, 0.1) is 12.2 Å². The van der Waals surface area contributed by atoms with Gasteiger partial charge in [-0.05, 0) is 26.7 Å². The Morgan fingerprint density at radius 3 is 2.54 bits per heavy atom. The van der Waals surface area contributed by atoms with Crippen LogP contribution in [0.3, 0.4) is 0 Å². The summed E-state index contributed by atoms with van der Waals surface area (Å²) in [6, 6.07) is -0.195. The zero-order valence-electron chi connectivity index (χ0n) is 14.6. The molecule has 0 aromatic rings. The number of carbonyl (C=O) groups is 1. The van der Waals surface area contributed by atoms with Crippen LogP contribution in [0.25, 0.3) is 0 Å². The molecule has 2 rings (SSSR count). The van der Waals surface area contributed by atoms with Crippen LogP contribution in [-0.2, 0) is 19.7 Å². The molecular formula is C15H30N4O4S. The second-order valence-electron chi connectivity index (χ2n) is 6.69. The van der Waals surface area contributed by atoms with Gasteiger partial charge < -0.3 is 15.8 Å². The zero-order chi connectivity index (χ0) is 17.7. The number of nitrogens with two attached hydrogens (primary N) is 1. The van der Waals surface area contributed by atoms with Crippen LogP contribution in [0, 0.1) is 0 Å². The number of nitrogens with one attached hydrogen (secondary N) is 1. The molecule has 0 aromatic heterocycles. The summed E-state index contributed by atoms with van der Waals surface area (Å²) in [7, 11) is -3.55. The van der Waals surface area contributed by atoms with Crippen molar-refractivity contribution in [2.24, 2.45) is 5.73 Å². The van der Waals surface area contributed by atoms with Crippen molar-refractivity contribution in [1.82, 2.24) is 13.9 Å². The molecular weight excluding hydrogens is 332 g/mol. The monoisotopic (exact) mass is 362 g/mol. The van der Waals surface area contributed by atoms with E-state index in [9.17, 15) is 13.2 Å². The van der Waals surface area contributed by atoms with E-state index in [4.69, 9.17) is 10.5 Å². The van der Waals surface area contributed by atoms with Gasteiger partial charge in [0, 0.05) is 45.2 Å². The largest absolute Gasteiger partial charge is 0.373 e. The Labute approximate surface area is 144 Å². The summed E-state index contributed by atoms with van der Waals surface area (Å²) >= 11 is 0. The van der Waals surface area contributed by atoms with Gasteiger partial charge in [0.1, 0.15) is 0 Å². The lowest BCUT2D eigenvalue weighted by Gasteiger charge is -2.41. The SMILES string of the molecule is CC1CN(S(=O)(=O)N2CCCCC2CNC(=O)CCN)CC(C)O1. The van der Waals surface area contributed by atoms with Crippen molar-refractivity contribution in [2.45, 2.75) is 57.8 Å². The first-order chi connectivity index (χ1) is 11.3. The highest BCUT2D eigenvalue weighted by atomic mass is 32.2. The molecule has 0 saturated carbocycles. The van der Waals surface area contributed by atoms with E-state index in [-0.39, 0.29) is 30.6 Å². The normalized spacial score (nSPS) is 30.2. The average molecular weight is 362 g/mol. The van der Waals surface area contributed by atoms with Crippen LogP contribution < -0.4 is 11.1 Å². The number of nitrogens with zero attached hydrogens (tertiary/aromatic N) is 2. The van der Waals surface area contributed by atoms with Gasteiger partial charge >= 0.3 is 0 Å². The lowest BCUT2D eigenvalue weighted by atomic mass is 10.1. The molecule has 1 amide bonds. The van der Waals surface area contributed by atoms with Crippen LogP contribution in [0.4, 0.5) is 0 Å². The molecule has 3 N–H and O–H groups in total. The number of ether oxygens (including phenoxy) is 1. The highest BCUT2D eigenvalue weighted by Gasteiger charge is 2.39. The van der Waals surface area contributed by atoms with E-state index in [0.29, 0.717) is 32.7 Å². The molecule has 0 bridgehead atoms. The topological polar surface area (TPSA) is 105 Å². The Morgan fingerprint density at radius 2 is 1.92 bits per heavy atom. The summed E-state index contributed by atoms with van der Waals surface area (Å²) in [5.41, 5.74) is 5.37. The van der Waals surface area contributed by atoms with Crippen molar-refractivity contribution >= 4 is 16.1 Å². The van der Waals surface area contributed by atoms with Gasteiger partial charge in [0.25, 0.3) is 10.2 Å². The molecule has 0 aromatic carbocycles. The zero-order valence-corrected chi connectivity index (χ0v) is 15.4. The summed E-state index contributed by atoms with van der Waals surface area (Å²) in [6.45, 7) is 5.65. The van der Waals surface area contributed by atoms with Crippen molar-refractivity contribution in [1.29, 1.82) is 0 Å². The van der Waals surface area contributed by atoms with E-state index in [1.54, 1.807) is 4.31 Å². The maximum absolute atomic E-state index is 13.1. The molecule has 2 aliphatic rings. The molecule has 140 valence electrons. The van der Waals surface area contributed by atoms with Crippen molar-refractivity contribution in [3.05, 3.63) is 0 Å². The fourth-order valence-electron chi connectivity index (χ4n) is 3.40. The van der Waals surface area contributed by atoms with Crippen molar-refractivity contribution in [2.75, 3.05) is 32.7 Å². The molecule has 2 fully saturated rings. The molecule has 3 unspecified atom stereocenters. The first kappa shape index (κ1) is 19.6. The van der Waals surface area contributed by atoms with Gasteiger partial charge in [-0.3, -0.25) is 4.79 Å². The number of amides is 1. The maximum atomic E-state index is 13.1. The third-order valence-electron chi connectivity index (χ3n) is 4.49. The van der Waals surface area contributed by atoms with Crippen LogP contribution in [0.2, 0.25) is 0 Å². The number of rotatable bonds is 6. The summed E-state index contributed by atoms with van der Waals surface area (Å²) in [6.07, 6.45) is 2.61. The van der Waals surface area contributed by atoms with Crippen molar-refractivity contribution in [3.8, 4) is 0 Å². The fraction of sp³-hybridized carbons (Fsp3) is 0.933. The number of piperidine rings is 1. The van der Waals surface area contributed by atoms with E-state index < -0.39 is 10.2 Å². The van der Waals surface area contributed by atoms with E-state index in [0.717, 1.165) is 19.3 Å². The minimum absolute atomic E-state index is 0.115. The van der Waals surface area contributed by atoms with E-state index in [2.05, 4.69) is 5.32 Å². The van der Waals surface area contributed by atoms with Crippen LogP contribution in [0.1, 0.15) is 39.5 Å². The van der Waals surface area contributed by atoms with Crippen LogP contribution in [-0.4, -0.2) is 73.9 Å². The molecule has 2 saturated heterocycles. The lowest BCUT2D eigenvalue weighted by molar-refractivity contribution is -0.121. The molecule has 2 aliphatic heterocycles. The van der Waals surface area contributed by atoms with E-state index >= 15 is 0 Å². The summed E-state index contributed by atoms with van der Waals surface area (Å²) < 4.78 is 34.9. The fourth-order valence-corrected chi connectivity index (χ4v) is 5.41. The number of hydrogen-bond donors (Lipinski definition) is 2. The minimum Gasteiger partial charge on any atom is -0.373 e. The molecule has 0 aliphatic carbocycles.